The molecule has 2 aromatic rings. The summed E-state index contributed by atoms with van der Waals surface area (Å²) in [6, 6.07) is 5.79. The Kier molecular flexibility index (Phi) is 5.03. The van der Waals surface area contributed by atoms with E-state index in [1.807, 2.05) is 30.9 Å². The zero-order valence-electron chi connectivity index (χ0n) is 13.5. The van der Waals surface area contributed by atoms with Gasteiger partial charge in [-0.05, 0) is 54.8 Å². The number of carbonyl (C=O) groups is 1. The molecule has 0 saturated carbocycles. The van der Waals surface area contributed by atoms with E-state index in [0.29, 0.717) is 19.8 Å². The first-order valence-electron chi connectivity index (χ1n) is 7.86. The highest BCUT2D eigenvalue weighted by Crippen LogP contribution is 2.26. The van der Waals surface area contributed by atoms with E-state index in [4.69, 9.17) is 9.15 Å². The lowest BCUT2D eigenvalue weighted by molar-refractivity contribution is 0.00360. The number of hydrogen-bond donors (Lipinski definition) is 1. The summed E-state index contributed by atoms with van der Waals surface area (Å²) in [7, 11) is 0. The van der Waals surface area contributed by atoms with Crippen LogP contribution in [0.2, 0.25) is 0 Å². The number of carbonyl (C=O) groups excluding carboxylic acids is 1. The molecule has 1 fully saturated rings. The summed E-state index contributed by atoms with van der Waals surface area (Å²) in [5, 5.41) is 7.26. The molecule has 2 atom stereocenters. The van der Waals surface area contributed by atoms with Gasteiger partial charge in [0.2, 0.25) is 0 Å². The molecule has 0 radical (unpaired) electrons. The van der Waals surface area contributed by atoms with E-state index in [9.17, 15) is 4.79 Å². The van der Waals surface area contributed by atoms with Crippen LogP contribution in [-0.4, -0.2) is 36.7 Å². The van der Waals surface area contributed by atoms with Gasteiger partial charge in [0.1, 0.15) is 17.6 Å². The Balaban J connectivity index is 1.64. The van der Waals surface area contributed by atoms with Crippen molar-refractivity contribution in [3.63, 3.8) is 0 Å². The van der Waals surface area contributed by atoms with Crippen molar-refractivity contribution in [1.82, 2.24) is 10.2 Å². The molecule has 124 valence electrons. The number of aryl methyl sites for hydroxylation is 1. The van der Waals surface area contributed by atoms with Crippen LogP contribution in [0.5, 0.6) is 0 Å². The van der Waals surface area contributed by atoms with Crippen molar-refractivity contribution in [2.24, 2.45) is 0 Å². The Bertz CT molecular complexity index is 638. The van der Waals surface area contributed by atoms with Crippen molar-refractivity contribution < 1.29 is 13.9 Å². The van der Waals surface area contributed by atoms with Crippen LogP contribution in [0.4, 0.5) is 4.79 Å². The van der Waals surface area contributed by atoms with Gasteiger partial charge in [-0.3, -0.25) is 0 Å². The maximum Gasteiger partial charge on any atom is 0.318 e. The first-order valence-corrected chi connectivity index (χ1v) is 8.80. The number of thiophene rings is 1. The summed E-state index contributed by atoms with van der Waals surface area (Å²) in [6.07, 6.45) is 0.837. The van der Waals surface area contributed by atoms with Crippen LogP contribution >= 0.6 is 11.3 Å². The normalized spacial score (nSPS) is 19.6. The minimum Gasteiger partial charge on any atom is -0.464 e. The molecule has 0 spiro atoms. The summed E-state index contributed by atoms with van der Waals surface area (Å²) in [4.78, 5) is 14.5. The molecule has 2 amide bonds. The number of nitrogens with one attached hydrogen (secondary N) is 1. The van der Waals surface area contributed by atoms with Gasteiger partial charge in [-0.25, -0.2) is 4.79 Å². The van der Waals surface area contributed by atoms with Crippen LogP contribution in [0.25, 0.3) is 0 Å². The van der Waals surface area contributed by atoms with E-state index < -0.39 is 0 Å². The summed E-state index contributed by atoms with van der Waals surface area (Å²) < 4.78 is 11.2. The highest BCUT2D eigenvalue weighted by atomic mass is 32.1. The lowest BCUT2D eigenvalue weighted by Crippen LogP contribution is -2.50. The van der Waals surface area contributed by atoms with E-state index >= 15 is 0 Å². The highest BCUT2D eigenvalue weighted by molar-refractivity contribution is 7.07. The number of hydrogen-bond acceptors (Lipinski definition) is 4. The van der Waals surface area contributed by atoms with Crippen molar-refractivity contribution in [2.45, 2.75) is 32.4 Å². The van der Waals surface area contributed by atoms with E-state index in [0.717, 1.165) is 17.9 Å². The Morgan fingerprint density at radius 1 is 1.48 bits per heavy atom. The maximum absolute atomic E-state index is 12.6. The van der Waals surface area contributed by atoms with Gasteiger partial charge in [0.25, 0.3) is 0 Å². The van der Waals surface area contributed by atoms with Gasteiger partial charge in [-0.1, -0.05) is 0 Å². The zero-order chi connectivity index (χ0) is 16.2. The maximum atomic E-state index is 12.6. The second kappa shape index (κ2) is 7.19. The SMILES string of the molecule is Cc1ccc([C@H]2COCCN2C(=O)N[C@@H](C)Cc2ccsc2)o1. The van der Waals surface area contributed by atoms with Crippen LogP contribution in [0.1, 0.15) is 30.0 Å². The Hall–Kier alpha value is -1.79. The quantitative estimate of drug-likeness (QED) is 0.933. The van der Waals surface area contributed by atoms with Crippen molar-refractivity contribution in [3.05, 3.63) is 46.0 Å². The molecule has 2 aromatic heterocycles. The van der Waals surface area contributed by atoms with Gasteiger partial charge < -0.3 is 19.4 Å². The van der Waals surface area contributed by atoms with Crippen LogP contribution < -0.4 is 5.32 Å². The molecule has 1 N–H and O–H groups in total. The van der Waals surface area contributed by atoms with E-state index in [-0.39, 0.29) is 18.1 Å². The number of ether oxygens (including phenoxy) is 1. The fourth-order valence-electron chi connectivity index (χ4n) is 2.82. The summed E-state index contributed by atoms with van der Waals surface area (Å²) in [5.41, 5.74) is 1.25. The molecule has 0 bridgehead atoms. The first-order chi connectivity index (χ1) is 11.1. The molecule has 1 saturated heterocycles. The molecule has 6 heteroatoms. The van der Waals surface area contributed by atoms with Gasteiger partial charge in [0.15, 0.2) is 0 Å². The van der Waals surface area contributed by atoms with Crippen molar-refractivity contribution >= 4 is 17.4 Å². The molecule has 3 heterocycles. The lowest BCUT2D eigenvalue weighted by atomic mass is 10.1. The predicted octanol–water partition coefficient (Wildman–Crippen LogP) is 3.36. The van der Waals surface area contributed by atoms with Gasteiger partial charge in [0.05, 0.1) is 13.2 Å². The third-order valence-corrected chi connectivity index (χ3v) is 4.70. The summed E-state index contributed by atoms with van der Waals surface area (Å²) in [5.74, 6) is 1.62. The van der Waals surface area contributed by atoms with Crippen molar-refractivity contribution in [3.8, 4) is 0 Å². The minimum atomic E-state index is -0.161. The smallest absolute Gasteiger partial charge is 0.318 e. The summed E-state index contributed by atoms with van der Waals surface area (Å²) >= 11 is 1.68. The number of nitrogens with zero attached hydrogens (tertiary/aromatic N) is 1. The fourth-order valence-corrected chi connectivity index (χ4v) is 3.50. The van der Waals surface area contributed by atoms with Gasteiger partial charge in [0, 0.05) is 12.6 Å². The van der Waals surface area contributed by atoms with Crippen molar-refractivity contribution in [1.29, 1.82) is 0 Å². The van der Waals surface area contributed by atoms with Crippen LogP contribution in [0, 0.1) is 6.92 Å². The topological polar surface area (TPSA) is 54.7 Å². The second-order valence-electron chi connectivity index (χ2n) is 5.92. The molecule has 5 nitrogen and oxygen atoms in total. The molecule has 1 aliphatic rings. The predicted molar refractivity (Wildman–Crippen MR) is 89.7 cm³/mol. The molecule has 0 aliphatic carbocycles. The average molecular weight is 334 g/mol. The van der Waals surface area contributed by atoms with Crippen LogP contribution in [0.3, 0.4) is 0 Å². The monoisotopic (exact) mass is 334 g/mol. The third kappa shape index (κ3) is 3.95. The number of urea groups is 1. The Labute approximate surface area is 140 Å². The third-order valence-electron chi connectivity index (χ3n) is 3.97. The first kappa shape index (κ1) is 16.1. The molecule has 3 rings (SSSR count). The lowest BCUT2D eigenvalue weighted by Gasteiger charge is -2.35. The highest BCUT2D eigenvalue weighted by Gasteiger charge is 2.31. The standard InChI is InChI=1S/C17H22N2O3S/c1-12(9-14-5-8-23-11-14)18-17(20)19-6-7-21-10-15(19)16-4-3-13(2)22-16/h3-5,8,11-12,15H,6-7,9-10H2,1-2H3,(H,18,20)/t12-,15+/m0/s1. The van der Waals surface area contributed by atoms with E-state index in [2.05, 4.69) is 22.1 Å². The number of amides is 2. The van der Waals surface area contributed by atoms with Gasteiger partial charge in [-0.2, -0.15) is 11.3 Å². The van der Waals surface area contributed by atoms with Gasteiger partial charge >= 0.3 is 6.03 Å². The van der Waals surface area contributed by atoms with E-state index in [1.54, 1.807) is 11.3 Å². The van der Waals surface area contributed by atoms with Gasteiger partial charge in [-0.15, -0.1) is 0 Å². The second-order valence-corrected chi connectivity index (χ2v) is 6.70. The average Bonchev–Trinajstić information content (AvgIpc) is 3.18. The van der Waals surface area contributed by atoms with Crippen LogP contribution in [-0.2, 0) is 11.2 Å². The zero-order valence-corrected chi connectivity index (χ0v) is 14.3. The molecular weight excluding hydrogens is 312 g/mol. The van der Waals surface area contributed by atoms with Crippen molar-refractivity contribution in [2.75, 3.05) is 19.8 Å². The molecule has 1 aliphatic heterocycles. The van der Waals surface area contributed by atoms with Crippen LogP contribution in [0.15, 0.2) is 33.4 Å². The molecule has 23 heavy (non-hydrogen) atoms. The van der Waals surface area contributed by atoms with E-state index in [1.165, 1.54) is 5.56 Å². The number of rotatable bonds is 4. The minimum absolute atomic E-state index is 0.0601. The number of furan rings is 1. The number of morpholine rings is 1. The molecule has 0 aromatic carbocycles. The molecule has 0 unspecified atom stereocenters. The largest absolute Gasteiger partial charge is 0.464 e. The fraction of sp³-hybridized carbons (Fsp3) is 0.471. The Morgan fingerprint density at radius 3 is 3.04 bits per heavy atom. The summed E-state index contributed by atoms with van der Waals surface area (Å²) in [6.45, 7) is 5.53. The molecular formula is C17H22N2O3S. The Morgan fingerprint density at radius 2 is 2.35 bits per heavy atom.